The van der Waals surface area contributed by atoms with Crippen LogP contribution in [0.5, 0.6) is 5.75 Å². The molecule has 0 aliphatic carbocycles. The Hall–Kier alpha value is -1.07. The normalized spacial score (nSPS) is 8.50. The van der Waals surface area contributed by atoms with Crippen molar-refractivity contribution in [1.29, 1.82) is 0 Å². The predicted octanol–water partition coefficient (Wildman–Crippen LogP) is 4.45. The van der Waals surface area contributed by atoms with Gasteiger partial charge >= 0.3 is 0 Å². The molecule has 0 aliphatic heterocycles. The Morgan fingerprint density at radius 1 is 0.938 bits per heavy atom. The number of hydrogen-bond acceptors (Lipinski definition) is 1. The Bertz CT molecular complexity index is 393. The zero-order valence-corrected chi connectivity index (χ0v) is 11.4. The van der Waals surface area contributed by atoms with E-state index in [-0.39, 0.29) is 0 Å². The Kier molecular flexibility index (Phi) is 8.56. The second-order valence-corrected chi connectivity index (χ2v) is 3.21. The molecule has 2 aromatic rings. The van der Waals surface area contributed by atoms with Crippen molar-refractivity contribution >= 4 is 20.0 Å². The molecule has 0 aromatic heterocycles. The molecule has 0 fully saturated rings. The summed E-state index contributed by atoms with van der Waals surface area (Å²) in [5.41, 5.74) is 0. The van der Waals surface area contributed by atoms with Gasteiger partial charge in [0.05, 0.1) is 0 Å². The molecule has 2 rings (SSSR count). The zero-order chi connectivity index (χ0) is 12.4. The van der Waals surface area contributed by atoms with Crippen molar-refractivity contribution in [1.82, 2.24) is 0 Å². The van der Waals surface area contributed by atoms with Gasteiger partial charge < -0.3 is 5.11 Å². The first-order chi connectivity index (χ1) is 7.79. The highest BCUT2D eigenvalue weighted by Crippen LogP contribution is 2.22. The van der Waals surface area contributed by atoms with Gasteiger partial charge in [-0.2, -0.15) is 0 Å². The molecular weight excluding hydrogens is 215 g/mol. The molecule has 1 N–H and O–H groups in total. The molecule has 0 saturated heterocycles. The van der Waals surface area contributed by atoms with Crippen LogP contribution in [0.25, 0.3) is 10.8 Å². The first-order valence-corrected chi connectivity index (χ1v) is 6.69. The maximum Gasteiger partial charge on any atom is 0.123 e. The Morgan fingerprint density at radius 2 is 1.44 bits per heavy atom. The Labute approximate surface area is 101 Å². The summed E-state index contributed by atoms with van der Waals surface area (Å²) >= 11 is 0. The number of benzene rings is 2. The largest absolute Gasteiger partial charge is 0.507 e. The molecule has 1 atom stereocenters. The summed E-state index contributed by atoms with van der Waals surface area (Å²) in [6.45, 7) is 6.17. The van der Waals surface area contributed by atoms with Gasteiger partial charge in [-0.15, -0.1) is 9.24 Å². The summed E-state index contributed by atoms with van der Waals surface area (Å²) in [6.07, 6.45) is 1.25. The topological polar surface area (TPSA) is 20.2 Å². The average Bonchev–Trinajstić information content (AvgIpc) is 2.33. The lowest BCUT2D eigenvalue weighted by atomic mass is 10.1. The van der Waals surface area contributed by atoms with E-state index in [0.717, 1.165) is 10.8 Å². The number of phenols is 1. The highest BCUT2D eigenvalue weighted by Gasteiger charge is 1.94. The van der Waals surface area contributed by atoms with Gasteiger partial charge in [-0.05, 0) is 11.5 Å². The van der Waals surface area contributed by atoms with Crippen LogP contribution < -0.4 is 0 Å². The van der Waals surface area contributed by atoms with E-state index in [0.29, 0.717) is 5.75 Å². The smallest absolute Gasteiger partial charge is 0.123 e. The summed E-state index contributed by atoms with van der Waals surface area (Å²) in [5, 5.41) is 11.4. The van der Waals surface area contributed by atoms with Crippen LogP contribution in [0.3, 0.4) is 0 Å². The Morgan fingerprint density at radius 3 is 2.00 bits per heavy atom. The molecule has 0 radical (unpaired) electrons. The van der Waals surface area contributed by atoms with Crippen LogP contribution >= 0.6 is 9.24 Å². The van der Waals surface area contributed by atoms with Gasteiger partial charge in [-0.1, -0.05) is 63.3 Å². The third-order valence-electron chi connectivity index (χ3n) is 1.77. The number of hydrogen-bond donors (Lipinski definition) is 1. The molecule has 0 bridgehead atoms. The lowest BCUT2D eigenvalue weighted by Gasteiger charge is -1.97. The van der Waals surface area contributed by atoms with E-state index in [9.17, 15) is 5.11 Å². The number of fused-ring (bicyclic) bond motifs is 1. The van der Waals surface area contributed by atoms with E-state index in [1.807, 2.05) is 43.1 Å². The molecule has 2 heteroatoms. The second-order valence-electron chi connectivity index (χ2n) is 3.21. The van der Waals surface area contributed by atoms with Gasteiger partial charge in [0, 0.05) is 5.39 Å². The predicted molar refractivity (Wildman–Crippen MR) is 77.2 cm³/mol. The molecule has 0 saturated carbocycles. The molecular formula is C14H21OP. The minimum absolute atomic E-state index is 0.350. The van der Waals surface area contributed by atoms with Gasteiger partial charge in [0.25, 0.3) is 0 Å². The monoisotopic (exact) mass is 236 g/mol. The van der Waals surface area contributed by atoms with E-state index in [4.69, 9.17) is 0 Å². The number of phenolic OH excluding ortho intramolecular Hbond substituents is 1. The summed E-state index contributed by atoms with van der Waals surface area (Å²) in [5.74, 6) is 0.350. The third kappa shape index (κ3) is 4.63. The Balaban J connectivity index is 0.000000394. The van der Waals surface area contributed by atoms with Gasteiger partial charge in [-0.3, -0.25) is 0 Å². The van der Waals surface area contributed by atoms with Crippen LogP contribution in [0.1, 0.15) is 20.3 Å². The van der Waals surface area contributed by atoms with Crippen molar-refractivity contribution in [2.75, 3.05) is 6.66 Å². The van der Waals surface area contributed by atoms with Gasteiger partial charge in [-0.25, -0.2) is 0 Å². The lowest BCUT2D eigenvalue weighted by Crippen LogP contribution is -1.70. The van der Waals surface area contributed by atoms with E-state index < -0.39 is 0 Å². The summed E-state index contributed by atoms with van der Waals surface area (Å²) in [4.78, 5) is 0. The SMILES string of the molecule is CCC.CP.Oc1cccc2ccccc12. The highest BCUT2D eigenvalue weighted by molar-refractivity contribution is 7.15. The first kappa shape index (κ1) is 14.9. The summed E-state index contributed by atoms with van der Waals surface area (Å²) in [6, 6.07) is 13.3. The van der Waals surface area contributed by atoms with Crippen LogP contribution in [-0.4, -0.2) is 11.8 Å². The molecule has 88 valence electrons. The summed E-state index contributed by atoms with van der Waals surface area (Å²) < 4.78 is 0. The molecule has 0 aliphatic rings. The van der Waals surface area contributed by atoms with Crippen LogP contribution in [0, 0.1) is 0 Å². The van der Waals surface area contributed by atoms with E-state index >= 15 is 0 Å². The maximum atomic E-state index is 9.37. The lowest BCUT2D eigenvalue weighted by molar-refractivity contribution is 0.481. The van der Waals surface area contributed by atoms with Crippen LogP contribution in [-0.2, 0) is 0 Å². The maximum absolute atomic E-state index is 9.37. The van der Waals surface area contributed by atoms with Crippen molar-refractivity contribution in [3.8, 4) is 5.75 Å². The van der Waals surface area contributed by atoms with Crippen molar-refractivity contribution in [3.05, 3.63) is 42.5 Å². The van der Waals surface area contributed by atoms with Crippen molar-refractivity contribution < 1.29 is 5.11 Å². The van der Waals surface area contributed by atoms with Gasteiger partial charge in [0.1, 0.15) is 5.75 Å². The van der Waals surface area contributed by atoms with Crippen molar-refractivity contribution in [3.63, 3.8) is 0 Å². The molecule has 1 unspecified atom stereocenters. The van der Waals surface area contributed by atoms with Crippen molar-refractivity contribution in [2.24, 2.45) is 0 Å². The molecule has 0 heterocycles. The standard InChI is InChI=1S/C10H8O.C3H8.CH5P/c11-10-7-3-5-8-4-1-2-6-9(8)10;1-3-2;1-2/h1-7,11H;3H2,1-2H3;2H2,1H3. The first-order valence-electron chi connectivity index (χ1n) is 5.54. The third-order valence-corrected chi connectivity index (χ3v) is 1.77. The minimum atomic E-state index is 0.350. The summed E-state index contributed by atoms with van der Waals surface area (Å²) in [7, 11) is 2.42. The van der Waals surface area contributed by atoms with E-state index in [1.54, 1.807) is 6.07 Å². The highest BCUT2D eigenvalue weighted by atomic mass is 31.0. The quantitative estimate of drug-likeness (QED) is 0.670. The molecule has 0 spiro atoms. The fourth-order valence-electron chi connectivity index (χ4n) is 1.21. The van der Waals surface area contributed by atoms with Crippen LogP contribution in [0.4, 0.5) is 0 Å². The van der Waals surface area contributed by atoms with Gasteiger partial charge in [0.2, 0.25) is 0 Å². The van der Waals surface area contributed by atoms with Crippen molar-refractivity contribution in [2.45, 2.75) is 20.3 Å². The molecule has 0 amide bonds. The average molecular weight is 236 g/mol. The van der Waals surface area contributed by atoms with E-state index in [1.165, 1.54) is 6.42 Å². The van der Waals surface area contributed by atoms with Crippen LogP contribution in [0.15, 0.2) is 42.5 Å². The van der Waals surface area contributed by atoms with Crippen LogP contribution in [0.2, 0.25) is 0 Å². The molecule has 1 nitrogen and oxygen atoms in total. The fraction of sp³-hybridized carbons (Fsp3) is 0.286. The molecule has 2 aromatic carbocycles. The number of rotatable bonds is 0. The van der Waals surface area contributed by atoms with E-state index in [2.05, 4.69) is 23.1 Å². The second kappa shape index (κ2) is 9.18. The number of aromatic hydroxyl groups is 1. The zero-order valence-electron chi connectivity index (χ0n) is 10.3. The molecule has 16 heavy (non-hydrogen) atoms. The van der Waals surface area contributed by atoms with Gasteiger partial charge in [0.15, 0.2) is 0 Å². The fourth-order valence-corrected chi connectivity index (χ4v) is 1.21. The minimum Gasteiger partial charge on any atom is -0.507 e.